The van der Waals surface area contributed by atoms with Crippen molar-refractivity contribution in [3.63, 3.8) is 0 Å². The Morgan fingerprint density at radius 1 is 1.65 bits per heavy atom. The van der Waals surface area contributed by atoms with E-state index in [-0.39, 0.29) is 12.0 Å². The summed E-state index contributed by atoms with van der Waals surface area (Å²) < 4.78 is 5.65. The molecule has 0 radical (unpaired) electrons. The van der Waals surface area contributed by atoms with Crippen LogP contribution in [0.2, 0.25) is 0 Å². The third-order valence-electron chi connectivity index (χ3n) is 3.29. The molecule has 0 saturated carbocycles. The Morgan fingerprint density at radius 3 is 3.20 bits per heavy atom. The second kappa shape index (κ2) is 8.19. The molecule has 0 bridgehead atoms. The normalized spacial score (nSPS) is 18.1. The van der Waals surface area contributed by atoms with Crippen molar-refractivity contribution in [2.45, 2.75) is 25.5 Å². The van der Waals surface area contributed by atoms with Gasteiger partial charge >= 0.3 is 0 Å². The maximum Gasteiger partial charge on any atom is 0.236 e. The van der Waals surface area contributed by atoms with Crippen LogP contribution in [0.4, 0.5) is 0 Å². The lowest BCUT2D eigenvalue weighted by Gasteiger charge is -2.25. The standard InChI is InChI=1S/C15H22N2O2S/c1-2-7-16-10-15(18)17(11-13-5-3-8-19-13)12-14-6-4-9-20-14/h2,4,6,9,13,16H,1,3,5,7-8,10-12H2. The Hall–Kier alpha value is -1.17. The number of hydrogen-bond donors (Lipinski definition) is 1. The van der Waals surface area contributed by atoms with Gasteiger partial charge in [-0.2, -0.15) is 0 Å². The van der Waals surface area contributed by atoms with Gasteiger partial charge in [-0.25, -0.2) is 0 Å². The van der Waals surface area contributed by atoms with Gasteiger partial charge < -0.3 is 15.0 Å². The maximum atomic E-state index is 12.3. The maximum absolute atomic E-state index is 12.3. The van der Waals surface area contributed by atoms with E-state index in [1.165, 1.54) is 4.88 Å². The Kier molecular flexibility index (Phi) is 6.24. The number of carbonyl (C=O) groups excluding carboxylic acids is 1. The molecule has 1 aliphatic heterocycles. The Balaban J connectivity index is 1.90. The monoisotopic (exact) mass is 294 g/mol. The molecule has 1 aromatic rings. The number of ether oxygens (including phenoxy) is 1. The first-order valence-electron chi connectivity index (χ1n) is 7.03. The minimum Gasteiger partial charge on any atom is -0.376 e. The van der Waals surface area contributed by atoms with Crippen LogP contribution in [-0.2, 0) is 16.1 Å². The summed E-state index contributed by atoms with van der Waals surface area (Å²) in [7, 11) is 0. The van der Waals surface area contributed by atoms with Crippen molar-refractivity contribution in [1.82, 2.24) is 10.2 Å². The van der Waals surface area contributed by atoms with Crippen LogP contribution in [0.1, 0.15) is 17.7 Å². The lowest BCUT2D eigenvalue weighted by Crippen LogP contribution is -2.41. The molecule has 1 unspecified atom stereocenters. The molecular weight excluding hydrogens is 272 g/mol. The van der Waals surface area contributed by atoms with Gasteiger partial charge in [0.15, 0.2) is 0 Å². The fraction of sp³-hybridized carbons (Fsp3) is 0.533. The van der Waals surface area contributed by atoms with Crippen LogP contribution in [0.25, 0.3) is 0 Å². The Labute approximate surface area is 124 Å². The number of hydrogen-bond acceptors (Lipinski definition) is 4. The molecular formula is C15H22N2O2S. The molecule has 1 aromatic heterocycles. The van der Waals surface area contributed by atoms with Crippen molar-refractivity contribution < 1.29 is 9.53 Å². The summed E-state index contributed by atoms with van der Waals surface area (Å²) in [6, 6.07) is 4.09. The summed E-state index contributed by atoms with van der Waals surface area (Å²) >= 11 is 1.68. The second-order valence-electron chi connectivity index (χ2n) is 4.91. The van der Waals surface area contributed by atoms with Crippen molar-refractivity contribution in [2.75, 3.05) is 26.2 Å². The number of nitrogens with zero attached hydrogens (tertiary/aromatic N) is 1. The van der Waals surface area contributed by atoms with Crippen molar-refractivity contribution in [2.24, 2.45) is 0 Å². The van der Waals surface area contributed by atoms with Gasteiger partial charge in [-0.15, -0.1) is 17.9 Å². The number of rotatable bonds is 8. The van der Waals surface area contributed by atoms with Crippen molar-refractivity contribution in [1.29, 1.82) is 0 Å². The van der Waals surface area contributed by atoms with Crippen molar-refractivity contribution in [3.8, 4) is 0 Å². The van der Waals surface area contributed by atoms with Gasteiger partial charge in [-0.3, -0.25) is 4.79 Å². The first-order valence-corrected chi connectivity index (χ1v) is 7.91. The summed E-state index contributed by atoms with van der Waals surface area (Å²) in [5.74, 6) is 0.121. The van der Waals surface area contributed by atoms with Crippen molar-refractivity contribution >= 4 is 17.2 Å². The number of amides is 1. The molecule has 20 heavy (non-hydrogen) atoms. The predicted octanol–water partition coefficient (Wildman–Crippen LogP) is 2.03. The highest BCUT2D eigenvalue weighted by Crippen LogP contribution is 2.17. The van der Waals surface area contributed by atoms with Crippen LogP contribution < -0.4 is 5.32 Å². The van der Waals surface area contributed by atoms with E-state index >= 15 is 0 Å². The first-order chi connectivity index (χ1) is 9.79. The molecule has 110 valence electrons. The second-order valence-corrected chi connectivity index (χ2v) is 5.94. The van der Waals surface area contributed by atoms with E-state index in [9.17, 15) is 4.79 Å². The molecule has 5 heteroatoms. The van der Waals surface area contributed by atoms with Crippen LogP contribution in [0.3, 0.4) is 0 Å². The van der Waals surface area contributed by atoms with Crippen LogP contribution in [0, 0.1) is 0 Å². The van der Waals surface area contributed by atoms with Gasteiger partial charge in [-0.05, 0) is 24.3 Å². The molecule has 0 aliphatic carbocycles. The van der Waals surface area contributed by atoms with E-state index < -0.39 is 0 Å². The predicted molar refractivity (Wildman–Crippen MR) is 81.8 cm³/mol. The van der Waals surface area contributed by atoms with E-state index in [2.05, 4.69) is 18.0 Å². The molecule has 1 aliphatic rings. The van der Waals surface area contributed by atoms with E-state index in [1.54, 1.807) is 17.4 Å². The highest BCUT2D eigenvalue weighted by atomic mass is 32.1. The fourth-order valence-corrected chi connectivity index (χ4v) is 2.99. The summed E-state index contributed by atoms with van der Waals surface area (Å²) in [6.07, 6.45) is 4.10. The van der Waals surface area contributed by atoms with Gasteiger partial charge in [0, 0.05) is 24.6 Å². The van der Waals surface area contributed by atoms with E-state index in [4.69, 9.17) is 4.74 Å². The summed E-state index contributed by atoms with van der Waals surface area (Å²) in [6.45, 7) is 6.82. The summed E-state index contributed by atoms with van der Waals surface area (Å²) in [5.41, 5.74) is 0. The quantitative estimate of drug-likeness (QED) is 0.589. The van der Waals surface area contributed by atoms with Gasteiger partial charge in [0.1, 0.15) is 0 Å². The molecule has 4 nitrogen and oxygen atoms in total. The molecule has 1 amide bonds. The number of carbonyl (C=O) groups is 1. The number of nitrogens with one attached hydrogen (secondary N) is 1. The highest BCUT2D eigenvalue weighted by molar-refractivity contribution is 7.09. The van der Waals surface area contributed by atoms with Crippen LogP contribution in [0.5, 0.6) is 0 Å². The van der Waals surface area contributed by atoms with Crippen LogP contribution in [-0.4, -0.2) is 43.2 Å². The SMILES string of the molecule is C=CCNCC(=O)N(Cc1cccs1)CC1CCCO1. The van der Waals surface area contributed by atoms with E-state index in [0.29, 0.717) is 26.2 Å². The Bertz CT molecular complexity index is 414. The summed E-state index contributed by atoms with van der Waals surface area (Å²) in [5, 5.41) is 5.11. The molecule has 1 atom stereocenters. The van der Waals surface area contributed by atoms with E-state index in [0.717, 1.165) is 19.4 Å². The third kappa shape index (κ3) is 4.74. The smallest absolute Gasteiger partial charge is 0.236 e. The molecule has 1 saturated heterocycles. The first kappa shape index (κ1) is 15.2. The van der Waals surface area contributed by atoms with Gasteiger partial charge in [0.25, 0.3) is 0 Å². The van der Waals surface area contributed by atoms with Crippen molar-refractivity contribution in [3.05, 3.63) is 35.0 Å². The zero-order chi connectivity index (χ0) is 14.2. The average Bonchev–Trinajstić information content (AvgIpc) is 3.11. The van der Waals surface area contributed by atoms with Gasteiger partial charge in [0.05, 0.1) is 19.2 Å². The zero-order valence-electron chi connectivity index (χ0n) is 11.7. The molecule has 1 fully saturated rings. The van der Waals surface area contributed by atoms with Gasteiger partial charge in [-0.1, -0.05) is 12.1 Å². The lowest BCUT2D eigenvalue weighted by atomic mass is 10.2. The highest BCUT2D eigenvalue weighted by Gasteiger charge is 2.22. The summed E-state index contributed by atoms with van der Waals surface area (Å²) in [4.78, 5) is 15.4. The van der Waals surface area contributed by atoms with Crippen LogP contribution >= 0.6 is 11.3 Å². The Morgan fingerprint density at radius 2 is 2.55 bits per heavy atom. The molecule has 1 N–H and O–H groups in total. The van der Waals surface area contributed by atoms with Gasteiger partial charge in [0.2, 0.25) is 5.91 Å². The third-order valence-corrected chi connectivity index (χ3v) is 4.15. The van der Waals surface area contributed by atoms with E-state index in [1.807, 2.05) is 16.3 Å². The zero-order valence-corrected chi connectivity index (χ0v) is 12.5. The fourth-order valence-electron chi connectivity index (χ4n) is 2.27. The largest absolute Gasteiger partial charge is 0.376 e. The molecule has 2 rings (SSSR count). The molecule has 2 heterocycles. The minimum absolute atomic E-state index is 0.121. The topological polar surface area (TPSA) is 41.6 Å². The minimum atomic E-state index is 0.121. The lowest BCUT2D eigenvalue weighted by molar-refractivity contribution is -0.132. The van der Waals surface area contributed by atoms with Crippen LogP contribution in [0.15, 0.2) is 30.2 Å². The molecule has 0 aromatic carbocycles. The number of thiophene rings is 1. The molecule has 0 spiro atoms. The average molecular weight is 294 g/mol.